The van der Waals surface area contributed by atoms with E-state index in [-0.39, 0.29) is 11.8 Å². The average molecular weight is 409 g/mol. The van der Waals surface area contributed by atoms with Crippen molar-refractivity contribution in [1.82, 2.24) is 24.4 Å². The predicted octanol–water partition coefficient (Wildman–Crippen LogP) is 1.65. The third-order valence-electron chi connectivity index (χ3n) is 5.24. The van der Waals surface area contributed by atoms with E-state index in [1.165, 1.54) is 0 Å². The molecule has 9 nitrogen and oxygen atoms in total. The molecule has 1 fully saturated rings. The minimum atomic E-state index is -0.117. The van der Waals surface area contributed by atoms with Crippen LogP contribution in [0.25, 0.3) is 5.65 Å². The number of ether oxygens (including phenoxy) is 2. The monoisotopic (exact) mass is 409 g/mol. The lowest BCUT2D eigenvalue weighted by Gasteiger charge is -2.34. The molecule has 0 unspecified atom stereocenters. The quantitative estimate of drug-likeness (QED) is 0.651. The molecule has 4 rings (SSSR count). The fourth-order valence-corrected chi connectivity index (χ4v) is 3.63. The number of nitrogens with zero attached hydrogens (tertiary/aromatic N) is 5. The molecule has 9 heteroatoms. The number of aromatic nitrogens is 3. The van der Waals surface area contributed by atoms with Gasteiger partial charge in [-0.1, -0.05) is 0 Å². The molecule has 3 aromatic rings. The lowest BCUT2D eigenvalue weighted by atomic mass is 10.1. The van der Waals surface area contributed by atoms with Crippen molar-refractivity contribution in [2.24, 2.45) is 0 Å². The molecule has 2 aromatic heterocycles. The molecule has 0 aliphatic carbocycles. The summed E-state index contributed by atoms with van der Waals surface area (Å²) in [5.74, 6) is 0.884. The van der Waals surface area contributed by atoms with Gasteiger partial charge in [0.15, 0.2) is 5.65 Å². The Morgan fingerprint density at radius 3 is 2.13 bits per heavy atom. The maximum Gasteiger partial charge on any atom is 0.259 e. The molecule has 30 heavy (non-hydrogen) atoms. The molecule has 0 spiro atoms. The standard InChI is InChI=1S/C21H23N5O4/c1-14-18(19-22-5-4-6-26(19)23-14)21(28)25-9-7-24(8-10-25)20(27)15-11-16(29-2)13-17(12-15)30-3/h4-6,11-13H,7-10H2,1-3H3. The second-order valence-electron chi connectivity index (χ2n) is 7.03. The van der Waals surface area contributed by atoms with Gasteiger partial charge >= 0.3 is 0 Å². The van der Waals surface area contributed by atoms with Crippen LogP contribution in [0.1, 0.15) is 26.4 Å². The third kappa shape index (κ3) is 3.54. The summed E-state index contributed by atoms with van der Waals surface area (Å²) in [6.07, 6.45) is 3.41. The number of carbonyl (C=O) groups excluding carboxylic acids is 2. The highest BCUT2D eigenvalue weighted by molar-refractivity contribution is 6.01. The van der Waals surface area contributed by atoms with Gasteiger partial charge in [-0.15, -0.1) is 0 Å². The van der Waals surface area contributed by atoms with Crippen LogP contribution in [-0.4, -0.2) is 76.6 Å². The first-order chi connectivity index (χ1) is 14.5. The Kier molecular flexibility index (Phi) is 5.26. The second kappa shape index (κ2) is 8.02. The summed E-state index contributed by atoms with van der Waals surface area (Å²) in [5, 5.41) is 4.36. The molecule has 1 saturated heterocycles. The van der Waals surface area contributed by atoms with Crippen LogP contribution in [0.2, 0.25) is 0 Å². The van der Waals surface area contributed by atoms with Crippen LogP contribution in [0.4, 0.5) is 0 Å². The van der Waals surface area contributed by atoms with Crippen LogP contribution in [0, 0.1) is 6.92 Å². The van der Waals surface area contributed by atoms with E-state index in [0.717, 1.165) is 0 Å². The molecule has 0 bridgehead atoms. The molecule has 2 amide bonds. The smallest absolute Gasteiger partial charge is 0.259 e. The van der Waals surface area contributed by atoms with E-state index in [1.54, 1.807) is 72.1 Å². The van der Waals surface area contributed by atoms with E-state index in [1.807, 2.05) is 0 Å². The average Bonchev–Trinajstić information content (AvgIpc) is 3.13. The number of fused-ring (bicyclic) bond motifs is 1. The van der Waals surface area contributed by atoms with Gasteiger partial charge in [-0.3, -0.25) is 9.59 Å². The molecular weight excluding hydrogens is 386 g/mol. The van der Waals surface area contributed by atoms with E-state index in [0.29, 0.717) is 60.1 Å². The molecule has 1 aromatic carbocycles. The van der Waals surface area contributed by atoms with Crippen molar-refractivity contribution in [3.63, 3.8) is 0 Å². The number of hydrogen-bond donors (Lipinski definition) is 0. The first kappa shape index (κ1) is 19.7. The Morgan fingerprint density at radius 2 is 1.53 bits per heavy atom. The molecule has 0 saturated carbocycles. The van der Waals surface area contributed by atoms with Crippen molar-refractivity contribution in [3.05, 3.63) is 53.5 Å². The fourth-order valence-electron chi connectivity index (χ4n) is 3.63. The molecule has 0 radical (unpaired) electrons. The molecule has 1 aliphatic heterocycles. The van der Waals surface area contributed by atoms with Crippen molar-refractivity contribution in [2.45, 2.75) is 6.92 Å². The predicted molar refractivity (Wildman–Crippen MR) is 109 cm³/mol. The second-order valence-corrected chi connectivity index (χ2v) is 7.03. The van der Waals surface area contributed by atoms with Gasteiger partial charge in [0.2, 0.25) is 0 Å². The summed E-state index contributed by atoms with van der Waals surface area (Å²) in [7, 11) is 3.09. The largest absolute Gasteiger partial charge is 0.497 e. The minimum absolute atomic E-state index is 0.114. The number of benzene rings is 1. The van der Waals surface area contributed by atoms with E-state index < -0.39 is 0 Å². The van der Waals surface area contributed by atoms with Crippen LogP contribution in [0.3, 0.4) is 0 Å². The van der Waals surface area contributed by atoms with Gasteiger partial charge in [-0.25, -0.2) is 9.50 Å². The molecule has 1 aliphatic rings. The fraction of sp³-hybridized carbons (Fsp3) is 0.333. The highest BCUT2D eigenvalue weighted by atomic mass is 16.5. The van der Waals surface area contributed by atoms with Crippen molar-refractivity contribution < 1.29 is 19.1 Å². The number of hydrogen-bond acceptors (Lipinski definition) is 6. The summed E-state index contributed by atoms with van der Waals surface area (Å²) in [5.41, 5.74) is 2.18. The van der Waals surface area contributed by atoms with Crippen LogP contribution in [0.15, 0.2) is 36.7 Å². The van der Waals surface area contributed by atoms with E-state index >= 15 is 0 Å². The SMILES string of the molecule is COc1cc(OC)cc(C(=O)N2CCN(C(=O)c3c(C)nn4cccnc34)CC2)c1. The Balaban J connectivity index is 1.48. The van der Waals surface area contributed by atoms with Crippen LogP contribution < -0.4 is 9.47 Å². The van der Waals surface area contributed by atoms with Crippen molar-refractivity contribution in [2.75, 3.05) is 40.4 Å². The summed E-state index contributed by atoms with van der Waals surface area (Å²) < 4.78 is 12.1. The Bertz CT molecular complexity index is 1080. The number of rotatable bonds is 4. The number of carbonyl (C=O) groups is 2. The highest BCUT2D eigenvalue weighted by Crippen LogP contribution is 2.24. The zero-order chi connectivity index (χ0) is 21.3. The van der Waals surface area contributed by atoms with E-state index in [4.69, 9.17) is 9.47 Å². The first-order valence-corrected chi connectivity index (χ1v) is 9.63. The van der Waals surface area contributed by atoms with E-state index in [9.17, 15) is 9.59 Å². The number of piperazine rings is 1. The third-order valence-corrected chi connectivity index (χ3v) is 5.24. The van der Waals surface area contributed by atoms with Crippen LogP contribution in [0.5, 0.6) is 11.5 Å². The Hall–Kier alpha value is -3.62. The van der Waals surface area contributed by atoms with Crippen molar-refractivity contribution in [3.8, 4) is 11.5 Å². The van der Waals surface area contributed by atoms with Gasteiger partial charge in [0.05, 0.1) is 19.9 Å². The number of aryl methyl sites for hydroxylation is 1. The van der Waals surface area contributed by atoms with Gasteiger partial charge in [0, 0.05) is 50.2 Å². The summed E-state index contributed by atoms with van der Waals surface area (Å²) >= 11 is 0. The molecular formula is C21H23N5O4. The van der Waals surface area contributed by atoms with Gasteiger partial charge < -0.3 is 19.3 Å². The maximum absolute atomic E-state index is 13.1. The topological polar surface area (TPSA) is 89.3 Å². The summed E-state index contributed by atoms with van der Waals surface area (Å²) in [6, 6.07) is 6.87. The van der Waals surface area contributed by atoms with Crippen molar-refractivity contribution >= 4 is 17.5 Å². The summed E-state index contributed by atoms with van der Waals surface area (Å²) in [6.45, 7) is 3.56. The van der Waals surface area contributed by atoms with Crippen LogP contribution in [-0.2, 0) is 0 Å². The molecule has 156 valence electrons. The van der Waals surface area contributed by atoms with Crippen LogP contribution >= 0.6 is 0 Å². The van der Waals surface area contributed by atoms with Gasteiger partial charge in [0.1, 0.15) is 17.1 Å². The lowest BCUT2D eigenvalue weighted by molar-refractivity contribution is 0.0535. The lowest BCUT2D eigenvalue weighted by Crippen LogP contribution is -2.50. The molecule has 0 N–H and O–H groups in total. The highest BCUT2D eigenvalue weighted by Gasteiger charge is 2.29. The molecule has 3 heterocycles. The van der Waals surface area contributed by atoms with Gasteiger partial charge in [-0.05, 0) is 25.1 Å². The Morgan fingerprint density at radius 1 is 0.933 bits per heavy atom. The van der Waals surface area contributed by atoms with Crippen molar-refractivity contribution in [1.29, 1.82) is 0 Å². The normalized spacial score (nSPS) is 14.1. The van der Waals surface area contributed by atoms with Gasteiger partial charge in [0.25, 0.3) is 11.8 Å². The number of methoxy groups -OCH3 is 2. The first-order valence-electron chi connectivity index (χ1n) is 9.63. The number of amides is 2. The maximum atomic E-state index is 13.1. The van der Waals surface area contributed by atoms with Gasteiger partial charge in [-0.2, -0.15) is 5.10 Å². The zero-order valence-corrected chi connectivity index (χ0v) is 17.2. The summed E-state index contributed by atoms with van der Waals surface area (Å²) in [4.78, 5) is 33.8. The molecule has 0 atom stereocenters. The Labute approximate surface area is 173 Å². The zero-order valence-electron chi connectivity index (χ0n) is 17.2. The minimum Gasteiger partial charge on any atom is -0.497 e. The van der Waals surface area contributed by atoms with E-state index in [2.05, 4.69) is 10.1 Å².